The minimum atomic E-state index is -0.784. The maximum Gasteiger partial charge on any atom is 0.346 e. The fourth-order valence-electron chi connectivity index (χ4n) is 3.19. The van der Waals surface area contributed by atoms with Gasteiger partial charge in [-0.15, -0.1) is 0 Å². The van der Waals surface area contributed by atoms with E-state index in [9.17, 15) is 14.0 Å². The Morgan fingerprint density at radius 2 is 1.53 bits per heavy atom. The van der Waals surface area contributed by atoms with Crippen molar-refractivity contribution in [1.29, 1.82) is 0 Å². The van der Waals surface area contributed by atoms with Gasteiger partial charge in [-0.3, -0.25) is 4.79 Å². The van der Waals surface area contributed by atoms with Gasteiger partial charge in [-0.1, -0.05) is 42.0 Å². The molecule has 0 aromatic heterocycles. The molecule has 4 rings (SSSR count). The van der Waals surface area contributed by atoms with Crippen molar-refractivity contribution in [2.45, 2.75) is 13.5 Å². The number of carbonyl (C=O) groups is 2. The fraction of sp³-hybridized carbons (Fsp3) is 0.0690. The number of carbonyl (C=O) groups excluding carboxylic acids is 2. The highest BCUT2D eigenvalue weighted by Crippen LogP contribution is 2.16. The lowest BCUT2D eigenvalue weighted by atomic mass is 10.2. The van der Waals surface area contributed by atoms with Gasteiger partial charge < -0.3 is 9.47 Å². The zero-order chi connectivity index (χ0) is 25.3. The van der Waals surface area contributed by atoms with Crippen molar-refractivity contribution in [3.05, 3.63) is 131 Å². The first-order valence-corrected chi connectivity index (χ1v) is 11.2. The predicted octanol–water partition coefficient (Wildman–Crippen LogP) is 5.70. The summed E-state index contributed by atoms with van der Waals surface area (Å²) >= 11 is 0. The van der Waals surface area contributed by atoms with Gasteiger partial charge >= 0.3 is 5.97 Å². The summed E-state index contributed by atoms with van der Waals surface area (Å²) in [5.74, 6) is -0.882. The molecule has 0 fully saturated rings. The highest BCUT2D eigenvalue weighted by atomic mass is 19.1. The molecule has 6 nitrogen and oxygen atoms in total. The highest BCUT2D eigenvalue weighted by molar-refractivity contribution is 5.95. The number of nitrogens with zero attached hydrogens (tertiary/aromatic N) is 1. The molecular formula is C29H23FN2O4. The molecule has 0 bridgehead atoms. The minimum absolute atomic E-state index is 0.142. The number of rotatable bonds is 8. The van der Waals surface area contributed by atoms with Crippen molar-refractivity contribution in [2.24, 2.45) is 5.10 Å². The van der Waals surface area contributed by atoms with E-state index in [-0.39, 0.29) is 17.2 Å². The van der Waals surface area contributed by atoms with E-state index >= 15 is 0 Å². The van der Waals surface area contributed by atoms with Crippen LogP contribution in [0.5, 0.6) is 11.5 Å². The summed E-state index contributed by atoms with van der Waals surface area (Å²) in [6.45, 7) is 2.47. The molecule has 1 amide bonds. The van der Waals surface area contributed by atoms with Crippen LogP contribution in [-0.2, 0) is 6.61 Å². The van der Waals surface area contributed by atoms with Crippen LogP contribution < -0.4 is 14.9 Å². The van der Waals surface area contributed by atoms with Crippen LogP contribution in [0.25, 0.3) is 0 Å². The van der Waals surface area contributed by atoms with E-state index in [1.54, 1.807) is 54.6 Å². The first kappa shape index (κ1) is 24.3. The number of benzene rings is 4. The number of hydrazone groups is 1. The summed E-state index contributed by atoms with van der Waals surface area (Å²) in [4.78, 5) is 24.4. The zero-order valence-electron chi connectivity index (χ0n) is 19.5. The van der Waals surface area contributed by atoms with Gasteiger partial charge in [-0.05, 0) is 78.7 Å². The molecule has 4 aromatic rings. The number of hydrogen-bond donors (Lipinski definition) is 1. The molecule has 0 heterocycles. The molecule has 0 saturated carbocycles. The van der Waals surface area contributed by atoms with E-state index in [1.165, 1.54) is 30.0 Å². The van der Waals surface area contributed by atoms with Gasteiger partial charge in [0.2, 0.25) is 0 Å². The Kier molecular flexibility index (Phi) is 7.83. The molecule has 0 unspecified atom stereocenters. The quantitative estimate of drug-likeness (QED) is 0.151. The van der Waals surface area contributed by atoms with Gasteiger partial charge in [0.05, 0.1) is 11.8 Å². The van der Waals surface area contributed by atoms with Crippen LogP contribution in [0.15, 0.2) is 102 Å². The molecule has 7 heteroatoms. The average molecular weight is 483 g/mol. The summed E-state index contributed by atoms with van der Waals surface area (Å²) in [6, 6.07) is 26.9. The molecular weight excluding hydrogens is 459 g/mol. The molecule has 4 aromatic carbocycles. The normalized spacial score (nSPS) is 10.7. The molecule has 1 N–H and O–H groups in total. The van der Waals surface area contributed by atoms with Crippen LogP contribution in [0.2, 0.25) is 0 Å². The van der Waals surface area contributed by atoms with Crippen LogP contribution >= 0.6 is 0 Å². The first-order valence-electron chi connectivity index (χ1n) is 11.2. The van der Waals surface area contributed by atoms with E-state index in [4.69, 9.17) is 9.47 Å². The maximum absolute atomic E-state index is 13.7. The number of aryl methyl sites for hydroxylation is 1. The third-order valence-electron chi connectivity index (χ3n) is 5.21. The Balaban J connectivity index is 1.26. The largest absolute Gasteiger partial charge is 0.489 e. The summed E-state index contributed by atoms with van der Waals surface area (Å²) in [6.07, 6.45) is 1.46. The Hall–Kier alpha value is -4.78. The molecule has 180 valence electrons. The number of amides is 1. The lowest BCUT2D eigenvalue weighted by Gasteiger charge is -2.07. The third-order valence-corrected chi connectivity index (χ3v) is 5.21. The van der Waals surface area contributed by atoms with Crippen molar-refractivity contribution in [2.75, 3.05) is 0 Å². The van der Waals surface area contributed by atoms with Gasteiger partial charge in [0.15, 0.2) is 0 Å². The summed E-state index contributed by atoms with van der Waals surface area (Å²) in [5, 5.41) is 3.96. The van der Waals surface area contributed by atoms with E-state index in [0.29, 0.717) is 23.5 Å². The molecule has 0 radical (unpaired) electrons. The molecule has 0 atom stereocenters. The summed E-state index contributed by atoms with van der Waals surface area (Å²) in [5.41, 5.74) is 5.68. The predicted molar refractivity (Wildman–Crippen MR) is 135 cm³/mol. The standard InChI is InChI=1S/C29H23FN2O4/c1-20-6-8-22(9-7-20)19-35-24-16-12-23(13-17-24)28(33)32-31-18-21-10-14-25(15-11-21)36-29(34)26-4-2-3-5-27(26)30/h2-18H,19H2,1H3,(H,32,33). The average Bonchev–Trinajstić information content (AvgIpc) is 2.90. The van der Waals surface area contributed by atoms with E-state index in [1.807, 2.05) is 31.2 Å². The number of ether oxygens (including phenoxy) is 2. The van der Waals surface area contributed by atoms with Gasteiger partial charge in [0.1, 0.15) is 23.9 Å². The number of halogens is 1. The van der Waals surface area contributed by atoms with Crippen LogP contribution in [-0.4, -0.2) is 18.1 Å². The molecule has 0 aliphatic carbocycles. The monoisotopic (exact) mass is 482 g/mol. The van der Waals surface area contributed by atoms with E-state index < -0.39 is 11.8 Å². The van der Waals surface area contributed by atoms with Crippen LogP contribution in [0, 0.1) is 12.7 Å². The van der Waals surface area contributed by atoms with Crippen molar-refractivity contribution in [1.82, 2.24) is 5.43 Å². The lowest BCUT2D eigenvalue weighted by molar-refractivity contribution is 0.0729. The Labute approximate surface area is 208 Å². The second-order valence-corrected chi connectivity index (χ2v) is 7.94. The van der Waals surface area contributed by atoms with Gasteiger partial charge in [0, 0.05) is 5.56 Å². The molecule has 0 aliphatic rings. The van der Waals surface area contributed by atoms with Crippen LogP contribution in [0.1, 0.15) is 37.4 Å². The van der Waals surface area contributed by atoms with Crippen molar-refractivity contribution in [3.8, 4) is 11.5 Å². The van der Waals surface area contributed by atoms with E-state index in [0.717, 1.165) is 5.56 Å². The maximum atomic E-state index is 13.7. The lowest BCUT2D eigenvalue weighted by Crippen LogP contribution is -2.17. The number of nitrogens with one attached hydrogen (secondary N) is 1. The molecule has 36 heavy (non-hydrogen) atoms. The smallest absolute Gasteiger partial charge is 0.346 e. The second kappa shape index (κ2) is 11.6. The van der Waals surface area contributed by atoms with Crippen molar-refractivity contribution in [3.63, 3.8) is 0 Å². The minimum Gasteiger partial charge on any atom is -0.489 e. The third kappa shape index (κ3) is 6.64. The van der Waals surface area contributed by atoms with Crippen molar-refractivity contribution < 1.29 is 23.5 Å². The highest BCUT2D eigenvalue weighted by Gasteiger charge is 2.13. The zero-order valence-corrected chi connectivity index (χ0v) is 19.5. The Bertz CT molecular complexity index is 1370. The Morgan fingerprint density at radius 1 is 0.861 bits per heavy atom. The Morgan fingerprint density at radius 3 is 2.22 bits per heavy atom. The van der Waals surface area contributed by atoms with Gasteiger partial charge in [0.25, 0.3) is 5.91 Å². The molecule has 0 spiro atoms. The topological polar surface area (TPSA) is 77.0 Å². The fourth-order valence-corrected chi connectivity index (χ4v) is 3.19. The summed E-state index contributed by atoms with van der Waals surface area (Å²) < 4.78 is 24.7. The van der Waals surface area contributed by atoms with Crippen molar-refractivity contribution >= 4 is 18.1 Å². The summed E-state index contributed by atoms with van der Waals surface area (Å²) in [7, 11) is 0. The van der Waals surface area contributed by atoms with E-state index in [2.05, 4.69) is 10.5 Å². The van der Waals surface area contributed by atoms with Crippen LogP contribution in [0.3, 0.4) is 0 Å². The molecule has 0 aliphatic heterocycles. The number of esters is 1. The van der Waals surface area contributed by atoms with Crippen LogP contribution in [0.4, 0.5) is 4.39 Å². The van der Waals surface area contributed by atoms with Gasteiger partial charge in [-0.2, -0.15) is 5.10 Å². The number of hydrogen-bond acceptors (Lipinski definition) is 5. The SMILES string of the molecule is Cc1ccc(COc2ccc(C(=O)NN=Cc3ccc(OC(=O)c4ccccc4F)cc3)cc2)cc1. The molecule has 0 saturated heterocycles. The first-order chi connectivity index (χ1) is 17.5. The second-order valence-electron chi connectivity index (χ2n) is 7.94. The van der Waals surface area contributed by atoms with Gasteiger partial charge in [-0.25, -0.2) is 14.6 Å².